The van der Waals surface area contributed by atoms with Crippen molar-refractivity contribution in [1.29, 1.82) is 0 Å². The number of hydrogen-bond donors (Lipinski definition) is 9. The van der Waals surface area contributed by atoms with Crippen molar-refractivity contribution in [1.82, 2.24) is 72.1 Å². The molecule has 0 spiro atoms. The van der Waals surface area contributed by atoms with Crippen LogP contribution in [0.3, 0.4) is 0 Å². The van der Waals surface area contributed by atoms with Gasteiger partial charge in [-0.3, -0.25) is 57.6 Å². The molecule has 0 saturated heterocycles. The molecule has 0 aliphatic carbocycles. The van der Waals surface area contributed by atoms with Gasteiger partial charge >= 0.3 is 0 Å². The summed E-state index contributed by atoms with van der Waals surface area (Å²) in [5.74, 6) is -5.08. The quantitative estimate of drug-likeness (QED) is 0.0226. The average Bonchev–Trinajstić information content (AvgIpc) is 1.84. The van der Waals surface area contributed by atoms with Crippen LogP contribution in [-0.4, -0.2) is 216 Å². The summed E-state index contributed by atoms with van der Waals surface area (Å²) in [5, 5.41) is 41.2. The number of amides is 11. The van der Waals surface area contributed by atoms with Gasteiger partial charge in [-0.2, -0.15) is 0 Å². The molecule has 1 aliphatic heterocycles. The molecule has 4 aromatic rings. The lowest BCUT2D eigenvalue weighted by atomic mass is 10.0. The molecule has 0 saturated carbocycles. The van der Waals surface area contributed by atoms with Gasteiger partial charge in [0.15, 0.2) is 0 Å². The predicted molar refractivity (Wildman–Crippen MR) is 381 cm³/mol. The molecule has 5 atom stereocenters. The number of carbonyl (C=O) groups excluding carboxylic acids is 11. The van der Waals surface area contributed by atoms with E-state index in [1.54, 1.807) is 87.6 Å². The zero-order valence-electron chi connectivity index (χ0n) is 61.1. The van der Waals surface area contributed by atoms with Gasteiger partial charge in [0.05, 0.1) is 118 Å². The molecule has 572 valence electrons. The molecule has 0 radical (unpaired) electrons. The Hall–Kier alpha value is -9.41. The highest BCUT2D eigenvalue weighted by Crippen LogP contribution is 2.14. The maximum Gasteiger partial charge on any atom is 0.253 e. The molecule has 3 heterocycles. The van der Waals surface area contributed by atoms with Gasteiger partial charge in [0.1, 0.15) is 41.6 Å². The molecule has 5 rings (SSSR count). The number of aryl methyl sites for hydroxylation is 2. The third-order valence-corrected chi connectivity index (χ3v) is 16.2. The van der Waals surface area contributed by atoms with E-state index in [0.717, 1.165) is 28.9 Å². The average molecular weight is 1460 g/mol. The minimum atomic E-state index is -1.09. The number of imide groups is 1. The summed E-state index contributed by atoms with van der Waals surface area (Å²) in [6.07, 6.45) is 8.83. The van der Waals surface area contributed by atoms with E-state index in [-0.39, 0.29) is 172 Å². The van der Waals surface area contributed by atoms with E-state index < -0.39 is 59.7 Å². The van der Waals surface area contributed by atoms with Crippen LogP contribution >= 0.6 is 0 Å². The van der Waals surface area contributed by atoms with Crippen molar-refractivity contribution in [2.24, 2.45) is 11.8 Å². The number of carbonyl (C=O) groups is 11. The molecule has 2 aromatic carbocycles. The third kappa shape index (κ3) is 33.4. The maximum atomic E-state index is 13.6. The molecule has 0 bridgehead atoms. The number of ether oxygens (including phenoxy) is 6. The standard InChI is InChI=1S/C71H106N16O17/c1-9-52-15-19-54(20-16-52)76-67(94)50(7)74-70(97)65(48(3)4)79-61(90)27-32-99-36-40-103-42-38-101-34-30-85-46-56(81-83-85)44-72-59(88)24-23-58(78-60(89)14-12-11-13-29-87-63(92)25-26-64(87)93)69(96)73-45-57-47-86(84-82-57)31-35-102-39-43-104-41-37-100-33-28-62(91)80-66(49(5)6)71(98)75-51(8)68(95)77-55-21-17-53(10-2)18-22-55/h15-22,25-26,46-51,58,65-66H,9-14,23-24,27-45H2,1-8H3,(H,72,88)(H,73,96)(H,74,97)(H,75,98)(H,76,94)(H,77,95)(H,78,89)(H,79,90)(H,80,91)/t50-,51-,58-,65-,66-/m0/s1. The van der Waals surface area contributed by atoms with Crippen LogP contribution in [-0.2, 0) is 120 Å². The summed E-state index contributed by atoms with van der Waals surface area (Å²) < 4.78 is 36.7. The largest absolute Gasteiger partial charge is 0.379 e. The fourth-order valence-corrected chi connectivity index (χ4v) is 10.0. The molecule has 33 heteroatoms. The first-order chi connectivity index (χ1) is 50.0. The zero-order chi connectivity index (χ0) is 75.6. The van der Waals surface area contributed by atoms with Crippen molar-refractivity contribution in [2.75, 3.05) is 96.5 Å². The lowest BCUT2D eigenvalue weighted by molar-refractivity contribution is -0.137. The summed E-state index contributed by atoms with van der Waals surface area (Å²) in [4.78, 5) is 142. The Kier molecular flexibility index (Phi) is 39.2. The van der Waals surface area contributed by atoms with Crippen LogP contribution < -0.4 is 47.9 Å². The van der Waals surface area contributed by atoms with Crippen molar-refractivity contribution >= 4 is 76.4 Å². The number of aromatic nitrogens is 6. The van der Waals surface area contributed by atoms with Crippen LogP contribution in [0, 0.1) is 11.8 Å². The van der Waals surface area contributed by atoms with Gasteiger partial charge in [-0.25, -0.2) is 9.36 Å². The molecule has 11 amide bonds. The van der Waals surface area contributed by atoms with Crippen LogP contribution in [0.15, 0.2) is 73.1 Å². The van der Waals surface area contributed by atoms with Gasteiger partial charge in [-0.05, 0) is 93.2 Å². The first-order valence-corrected chi connectivity index (χ1v) is 35.6. The van der Waals surface area contributed by atoms with E-state index >= 15 is 0 Å². The van der Waals surface area contributed by atoms with E-state index in [2.05, 4.69) is 68.5 Å². The lowest BCUT2D eigenvalue weighted by Gasteiger charge is -2.24. The Balaban J connectivity index is 0.912. The first-order valence-electron chi connectivity index (χ1n) is 35.6. The number of anilines is 2. The maximum absolute atomic E-state index is 13.6. The first kappa shape index (κ1) is 85.2. The van der Waals surface area contributed by atoms with E-state index in [0.29, 0.717) is 61.7 Å². The van der Waals surface area contributed by atoms with Gasteiger partial charge in [-0.1, -0.05) is 82.7 Å². The second kappa shape index (κ2) is 47.8. The van der Waals surface area contributed by atoms with E-state index in [1.807, 2.05) is 38.1 Å². The topological polar surface area (TPSA) is 416 Å². The Morgan fingerprint density at radius 2 is 0.817 bits per heavy atom. The Morgan fingerprint density at radius 3 is 1.24 bits per heavy atom. The summed E-state index contributed by atoms with van der Waals surface area (Å²) in [6, 6.07) is 10.4. The van der Waals surface area contributed by atoms with Crippen LogP contribution in [0.4, 0.5) is 11.4 Å². The smallest absolute Gasteiger partial charge is 0.253 e. The van der Waals surface area contributed by atoms with E-state index in [4.69, 9.17) is 28.4 Å². The molecular formula is C71H106N16O17. The fraction of sp³-hybridized carbons (Fsp3) is 0.592. The monoisotopic (exact) mass is 1450 g/mol. The van der Waals surface area contributed by atoms with Crippen LogP contribution in [0.5, 0.6) is 0 Å². The molecule has 1 aliphatic rings. The summed E-state index contributed by atoms with van der Waals surface area (Å²) in [7, 11) is 0. The Labute approximate surface area is 607 Å². The molecule has 2 aromatic heterocycles. The van der Waals surface area contributed by atoms with Gasteiger partial charge in [0.25, 0.3) is 11.8 Å². The fourth-order valence-electron chi connectivity index (χ4n) is 10.0. The van der Waals surface area contributed by atoms with Gasteiger partial charge in [0.2, 0.25) is 53.2 Å². The van der Waals surface area contributed by atoms with Crippen molar-refractivity contribution in [3.05, 3.63) is 95.6 Å². The van der Waals surface area contributed by atoms with Crippen molar-refractivity contribution in [3.63, 3.8) is 0 Å². The second-order valence-electron chi connectivity index (χ2n) is 25.4. The van der Waals surface area contributed by atoms with Crippen molar-refractivity contribution in [2.45, 2.75) is 176 Å². The number of rotatable bonds is 53. The molecule has 0 fully saturated rings. The number of nitrogens with zero attached hydrogens (tertiary/aromatic N) is 7. The highest BCUT2D eigenvalue weighted by atomic mass is 16.5. The molecule has 33 nitrogen and oxygen atoms in total. The molecule has 104 heavy (non-hydrogen) atoms. The lowest BCUT2D eigenvalue weighted by Crippen LogP contribution is -2.53. The van der Waals surface area contributed by atoms with Crippen molar-refractivity contribution < 1.29 is 81.2 Å². The van der Waals surface area contributed by atoms with Gasteiger partial charge < -0.3 is 76.3 Å². The summed E-state index contributed by atoms with van der Waals surface area (Å²) >= 11 is 0. The Bertz CT molecular complexity index is 3360. The number of nitrogens with one attached hydrogen (secondary N) is 9. The number of hydrogen-bond acceptors (Lipinski definition) is 21. The zero-order valence-corrected chi connectivity index (χ0v) is 61.1. The Morgan fingerprint density at radius 1 is 0.413 bits per heavy atom. The van der Waals surface area contributed by atoms with E-state index in [9.17, 15) is 52.7 Å². The summed E-state index contributed by atoms with van der Waals surface area (Å²) in [5.41, 5.74) is 4.40. The van der Waals surface area contributed by atoms with Crippen molar-refractivity contribution in [3.8, 4) is 0 Å². The molecule has 9 N–H and O–H groups in total. The normalized spacial score (nSPS) is 13.4. The van der Waals surface area contributed by atoms with Crippen LogP contribution in [0.2, 0.25) is 0 Å². The van der Waals surface area contributed by atoms with Gasteiger partial charge in [-0.15, -0.1) is 10.2 Å². The highest BCUT2D eigenvalue weighted by molar-refractivity contribution is 6.12. The number of benzene rings is 2. The third-order valence-electron chi connectivity index (χ3n) is 16.2. The minimum Gasteiger partial charge on any atom is -0.379 e. The molecular weight excluding hydrogens is 1350 g/mol. The highest BCUT2D eigenvalue weighted by Gasteiger charge is 2.30. The minimum absolute atomic E-state index is 0.0120. The predicted octanol–water partition coefficient (Wildman–Crippen LogP) is 2.13. The number of unbranched alkanes of at least 4 members (excludes halogenated alkanes) is 2. The second-order valence-corrected chi connectivity index (χ2v) is 25.4. The van der Waals surface area contributed by atoms with E-state index in [1.165, 1.54) is 12.2 Å². The van der Waals surface area contributed by atoms with Crippen LogP contribution in [0.1, 0.15) is 129 Å². The molecule has 0 unspecified atom stereocenters. The summed E-state index contributed by atoms with van der Waals surface area (Å²) in [6.45, 7) is 18.2. The SMILES string of the molecule is CCc1ccc(NC(=O)[C@H](C)NC(=O)[C@@H](NC(=O)CCOCCOCCOCCn2cc(CNC(=O)CC[C@H](NC(=O)CCCCCN3C(=O)C=CC3=O)C(=O)NCc3cn(CCOCCOCCOCCC(=O)N[C@H](C(=O)N[C@@H](C)C(=O)Nc4ccc(CC)cc4)C(C)C)nn3)nn2)C(C)C)cc1. The van der Waals surface area contributed by atoms with Gasteiger partial charge in [0, 0.05) is 55.8 Å². The van der Waals surface area contributed by atoms with Crippen LogP contribution in [0.25, 0.3) is 0 Å².